The maximum absolute atomic E-state index is 5.58. The summed E-state index contributed by atoms with van der Waals surface area (Å²) in [5.74, 6) is 0. The fourth-order valence-corrected chi connectivity index (χ4v) is 0.969. The number of hydrogen-bond donors (Lipinski definition) is 1. The topological polar surface area (TPSA) is 29.3 Å². The van der Waals surface area contributed by atoms with Gasteiger partial charge in [0.05, 0.1) is 0 Å². The van der Waals surface area contributed by atoms with E-state index in [4.69, 9.17) is 5.73 Å². The van der Waals surface area contributed by atoms with E-state index in [1.165, 1.54) is 13.0 Å². The molecule has 0 amide bonds. The van der Waals surface area contributed by atoms with Crippen LogP contribution < -0.4 is 5.73 Å². The van der Waals surface area contributed by atoms with E-state index in [0.29, 0.717) is 6.04 Å². The molecule has 0 radical (unpaired) electrons. The van der Waals surface area contributed by atoms with Crippen molar-refractivity contribution in [2.24, 2.45) is 5.73 Å². The van der Waals surface area contributed by atoms with E-state index in [-0.39, 0.29) is 12.4 Å². The summed E-state index contributed by atoms with van der Waals surface area (Å²) in [6, 6.07) is 0.449. The largest absolute Gasteiger partial charge is 0.326 e. The average molecular weight is 137 g/mol. The summed E-state index contributed by atoms with van der Waals surface area (Å²) in [5, 5.41) is 0. The molecule has 0 aromatic rings. The Bertz CT molecular complexity index is 59.4. The third-order valence-corrected chi connectivity index (χ3v) is 1.43. The number of rotatable bonds is 0. The molecule has 3 heteroatoms. The molecule has 1 saturated heterocycles. The molecule has 8 heavy (non-hydrogen) atoms. The third kappa shape index (κ3) is 1.99. The van der Waals surface area contributed by atoms with Crippen LogP contribution in [0, 0.1) is 0 Å². The number of likely N-dealkylation sites (N-methyl/N-ethyl adjacent to an activating group) is 1. The predicted molar refractivity (Wildman–Crippen MR) is 37.3 cm³/mol. The van der Waals surface area contributed by atoms with Gasteiger partial charge < -0.3 is 10.6 Å². The summed E-state index contributed by atoms with van der Waals surface area (Å²) in [6.07, 6.45) is 1.18. The number of hydrogen-bond acceptors (Lipinski definition) is 2. The van der Waals surface area contributed by atoms with Gasteiger partial charge in [-0.25, -0.2) is 0 Å². The van der Waals surface area contributed by atoms with Crippen LogP contribution >= 0.6 is 12.4 Å². The van der Waals surface area contributed by atoms with E-state index in [1.807, 2.05) is 0 Å². The maximum atomic E-state index is 5.58. The number of nitrogens with two attached hydrogens (primary N) is 1. The zero-order chi connectivity index (χ0) is 5.28. The minimum atomic E-state index is 0. The summed E-state index contributed by atoms with van der Waals surface area (Å²) < 4.78 is 0. The Labute approximate surface area is 56.4 Å². The minimum absolute atomic E-state index is 0. The second-order valence-corrected chi connectivity index (χ2v) is 2.31. The molecular formula is C5H13ClN2. The summed E-state index contributed by atoms with van der Waals surface area (Å²) in [6.45, 7) is 2.27. The lowest BCUT2D eigenvalue weighted by Crippen LogP contribution is -2.23. The lowest BCUT2D eigenvalue weighted by atomic mass is 10.3. The molecule has 0 aromatic carbocycles. The Hall–Kier alpha value is 0.210. The summed E-state index contributed by atoms with van der Waals surface area (Å²) in [5.41, 5.74) is 5.58. The van der Waals surface area contributed by atoms with Gasteiger partial charge in [0, 0.05) is 12.6 Å². The van der Waals surface area contributed by atoms with Crippen molar-refractivity contribution in [3.05, 3.63) is 0 Å². The van der Waals surface area contributed by atoms with Crippen molar-refractivity contribution in [1.82, 2.24) is 4.90 Å². The van der Waals surface area contributed by atoms with Crippen molar-refractivity contribution in [1.29, 1.82) is 0 Å². The molecule has 0 saturated carbocycles. The highest BCUT2D eigenvalue weighted by Gasteiger charge is 2.13. The Morgan fingerprint density at radius 3 is 2.38 bits per heavy atom. The fourth-order valence-electron chi connectivity index (χ4n) is 0.969. The Kier molecular flexibility index (Phi) is 3.36. The van der Waals surface area contributed by atoms with Crippen molar-refractivity contribution >= 4 is 12.4 Å². The van der Waals surface area contributed by atoms with Crippen molar-refractivity contribution in [2.45, 2.75) is 12.5 Å². The molecule has 0 bridgehead atoms. The van der Waals surface area contributed by atoms with Gasteiger partial charge in [0.1, 0.15) is 0 Å². The first-order valence-electron chi connectivity index (χ1n) is 2.73. The van der Waals surface area contributed by atoms with Gasteiger partial charge in [-0.2, -0.15) is 0 Å². The minimum Gasteiger partial charge on any atom is -0.326 e. The van der Waals surface area contributed by atoms with Gasteiger partial charge in [0.15, 0.2) is 0 Å². The molecule has 1 aliphatic rings. The summed E-state index contributed by atoms with van der Waals surface area (Å²) in [7, 11) is 2.10. The van der Waals surface area contributed by atoms with E-state index >= 15 is 0 Å². The monoisotopic (exact) mass is 136 g/mol. The normalized spacial score (nSPS) is 30.0. The smallest absolute Gasteiger partial charge is 0.0179 e. The van der Waals surface area contributed by atoms with Crippen LogP contribution in [-0.2, 0) is 0 Å². The Balaban J connectivity index is 0.000000490. The molecule has 1 aliphatic heterocycles. The van der Waals surface area contributed by atoms with Crippen LogP contribution in [0.1, 0.15) is 6.42 Å². The maximum Gasteiger partial charge on any atom is 0.0179 e. The molecule has 0 aliphatic carbocycles. The molecular weight excluding hydrogens is 124 g/mol. The SMILES string of the molecule is CN1CC[C@H](N)C1.Cl. The standard InChI is InChI=1S/C5H12N2.ClH/c1-7-3-2-5(6)4-7;/h5H,2-4,6H2,1H3;1H/t5-;/m0./s1. The number of nitrogens with zero attached hydrogens (tertiary/aromatic N) is 1. The van der Waals surface area contributed by atoms with Crippen molar-refractivity contribution in [2.75, 3.05) is 20.1 Å². The highest BCUT2D eigenvalue weighted by Crippen LogP contribution is 2.01. The zero-order valence-corrected chi connectivity index (χ0v) is 5.95. The van der Waals surface area contributed by atoms with E-state index < -0.39 is 0 Å². The summed E-state index contributed by atoms with van der Waals surface area (Å²) in [4.78, 5) is 2.25. The quantitative estimate of drug-likeness (QED) is 0.511. The van der Waals surface area contributed by atoms with Gasteiger partial charge in [0.2, 0.25) is 0 Å². The lowest BCUT2D eigenvalue weighted by molar-refractivity contribution is 0.411. The first kappa shape index (κ1) is 8.21. The molecule has 1 atom stereocenters. The lowest BCUT2D eigenvalue weighted by Gasteiger charge is -2.03. The molecule has 2 nitrogen and oxygen atoms in total. The molecule has 1 heterocycles. The molecule has 0 spiro atoms. The highest BCUT2D eigenvalue weighted by atomic mass is 35.5. The predicted octanol–water partition coefficient (Wildman–Crippen LogP) is 0.0710. The van der Waals surface area contributed by atoms with Gasteiger partial charge in [0.25, 0.3) is 0 Å². The number of likely N-dealkylation sites (tertiary alicyclic amines) is 1. The van der Waals surface area contributed by atoms with Gasteiger partial charge in [-0.3, -0.25) is 0 Å². The van der Waals surface area contributed by atoms with Crippen LogP contribution in [0.2, 0.25) is 0 Å². The second kappa shape index (κ2) is 3.28. The van der Waals surface area contributed by atoms with Gasteiger partial charge >= 0.3 is 0 Å². The van der Waals surface area contributed by atoms with E-state index in [9.17, 15) is 0 Å². The van der Waals surface area contributed by atoms with Crippen LogP contribution in [0.5, 0.6) is 0 Å². The van der Waals surface area contributed by atoms with Crippen LogP contribution in [0.15, 0.2) is 0 Å². The first-order valence-corrected chi connectivity index (χ1v) is 2.73. The molecule has 1 fully saturated rings. The molecule has 2 N–H and O–H groups in total. The highest BCUT2D eigenvalue weighted by molar-refractivity contribution is 5.85. The molecule has 0 unspecified atom stereocenters. The molecule has 50 valence electrons. The summed E-state index contributed by atoms with van der Waals surface area (Å²) >= 11 is 0. The van der Waals surface area contributed by atoms with E-state index in [1.54, 1.807) is 0 Å². The average Bonchev–Trinajstić information content (AvgIpc) is 1.87. The van der Waals surface area contributed by atoms with Crippen molar-refractivity contribution in [3.63, 3.8) is 0 Å². The van der Waals surface area contributed by atoms with Crippen LogP contribution in [0.4, 0.5) is 0 Å². The van der Waals surface area contributed by atoms with Crippen molar-refractivity contribution < 1.29 is 0 Å². The number of halogens is 1. The van der Waals surface area contributed by atoms with Crippen molar-refractivity contribution in [3.8, 4) is 0 Å². The molecule has 1 rings (SSSR count). The second-order valence-electron chi connectivity index (χ2n) is 2.31. The van der Waals surface area contributed by atoms with Crippen LogP contribution in [-0.4, -0.2) is 31.1 Å². The van der Waals surface area contributed by atoms with Gasteiger partial charge in [-0.1, -0.05) is 0 Å². The van der Waals surface area contributed by atoms with Crippen LogP contribution in [0.25, 0.3) is 0 Å². The Morgan fingerprint density at radius 2 is 2.25 bits per heavy atom. The molecule has 0 aromatic heterocycles. The van der Waals surface area contributed by atoms with E-state index in [0.717, 1.165) is 6.54 Å². The van der Waals surface area contributed by atoms with Gasteiger partial charge in [-0.15, -0.1) is 12.4 Å². The Morgan fingerprint density at radius 1 is 1.62 bits per heavy atom. The van der Waals surface area contributed by atoms with Gasteiger partial charge in [-0.05, 0) is 20.0 Å². The first-order chi connectivity index (χ1) is 3.29. The van der Waals surface area contributed by atoms with E-state index in [2.05, 4.69) is 11.9 Å². The third-order valence-electron chi connectivity index (χ3n) is 1.43. The van der Waals surface area contributed by atoms with Crippen LogP contribution in [0.3, 0.4) is 0 Å². The fraction of sp³-hybridized carbons (Fsp3) is 1.00. The zero-order valence-electron chi connectivity index (χ0n) is 5.13.